The highest BCUT2D eigenvalue weighted by atomic mass is 79.9. The van der Waals surface area contributed by atoms with E-state index >= 15 is 0 Å². The lowest BCUT2D eigenvalue weighted by atomic mass is 10.1. The molecular formula is C14H15BrN2O2S2. The maximum Gasteiger partial charge on any atom is 0.244 e. The summed E-state index contributed by atoms with van der Waals surface area (Å²) >= 11 is 4.82. The van der Waals surface area contributed by atoms with Crippen LogP contribution in [0.4, 0.5) is 0 Å². The highest BCUT2D eigenvalue weighted by Crippen LogP contribution is 2.39. The van der Waals surface area contributed by atoms with Gasteiger partial charge in [0.05, 0.1) is 14.7 Å². The topological polar surface area (TPSA) is 50.3 Å². The third-order valence-corrected chi connectivity index (χ3v) is 7.42. The Kier molecular flexibility index (Phi) is 4.18. The van der Waals surface area contributed by atoms with Crippen molar-refractivity contribution in [2.24, 2.45) is 0 Å². The molecule has 0 N–H and O–H groups in total. The van der Waals surface area contributed by atoms with E-state index in [1.807, 2.05) is 19.1 Å². The first-order chi connectivity index (χ1) is 10.00. The Morgan fingerprint density at radius 2 is 2.29 bits per heavy atom. The van der Waals surface area contributed by atoms with Gasteiger partial charge in [0.25, 0.3) is 0 Å². The van der Waals surface area contributed by atoms with Gasteiger partial charge in [-0.15, -0.1) is 11.3 Å². The summed E-state index contributed by atoms with van der Waals surface area (Å²) in [5, 5.41) is 0. The molecule has 1 atom stereocenters. The van der Waals surface area contributed by atoms with Crippen LogP contribution in [0, 0.1) is 6.92 Å². The first kappa shape index (κ1) is 15.1. The molecule has 0 aromatic carbocycles. The van der Waals surface area contributed by atoms with Crippen LogP contribution in [-0.4, -0.2) is 24.3 Å². The van der Waals surface area contributed by atoms with E-state index in [4.69, 9.17) is 0 Å². The van der Waals surface area contributed by atoms with Gasteiger partial charge in [0.15, 0.2) is 0 Å². The second kappa shape index (κ2) is 5.79. The molecule has 0 radical (unpaired) electrons. The zero-order valence-corrected chi connectivity index (χ0v) is 14.7. The first-order valence-electron chi connectivity index (χ1n) is 6.68. The lowest BCUT2D eigenvalue weighted by Gasteiger charge is -2.24. The van der Waals surface area contributed by atoms with E-state index in [1.165, 1.54) is 11.3 Å². The van der Waals surface area contributed by atoms with Crippen LogP contribution in [0.5, 0.6) is 0 Å². The summed E-state index contributed by atoms with van der Waals surface area (Å²) in [7, 11) is -3.46. The van der Waals surface area contributed by atoms with Crippen molar-refractivity contribution in [2.45, 2.75) is 30.7 Å². The van der Waals surface area contributed by atoms with Gasteiger partial charge < -0.3 is 0 Å². The van der Waals surface area contributed by atoms with Crippen LogP contribution < -0.4 is 0 Å². The van der Waals surface area contributed by atoms with Crippen molar-refractivity contribution in [1.82, 2.24) is 9.29 Å². The third kappa shape index (κ3) is 2.79. The highest BCUT2D eigenvalue weighted by Gasteiger charge is 2.37. The van der Waals surface area contributed by atoms with Crippen molar-refractivity contribution >= 4 is 37.3 Å². The van der Waals surface area contributed by atoms with Gasteiger partial charge in [-0.25, -0.2) is 8.42 Å². The van der Waals surface area contributed by atoms with Crippen LogP contribution in [0.1, 0.15) is 29.3 Å². The van der Waals surface area contributed by atoms with Gasteiger partial charge in [-0.2, -0.15) is 4.31 Å². The summed E-state index contributed by atoms with van der Waals surface area (Å²) in [5.74, 6) is 0. The average molecular weight is 387 g/mol. The summed E-state index contributed by atoms with van der Waals surface area (Å²) in [6.45, 7) is 2.41. The minimum absolute atomic E-state index is 0.109. The molecule has 0 spiro atoms. The van der Waals surface area contributed by atoms with Gasteiger partial charge >= 0.3 is 0 Å². The molecular weight excluding hydrogens is 372 g/mol. The normalized spacial score (nSPS) is 20.0. The molecule has 0 aliphatic carbocycles. The van der Waals surface area contributed by atoms with Gasteiger partial charge in [-0.05, 0) is 53.4 Å². The Hall–Kier alpha value is -0.760. The summed E-state index contributed by atoms with van der Waals surface area (Å²) in [6, 6.07) is 5.39. The van der Waals surface area contributed by atoms with Gasteiger partial charge in [0.2, 0.25) is 10.0 Å². The van der Waals surface area contributed by atoms with Gasteiger partial charge in [0.1, 0.15) is 0 Å². The van der Waals surface area contributed by atoms with Crippen LogP contribution in [0.3, 0.4) is 0 Å². The molecule has 7 heteroatoms. The molecule has 0 bridgehead atoms. The minimum Gasteiger partial charge on any atom is -0.264 e. The first-order valence-corrected chi connectivity index (χ1v) is 9.73. The zero-order chi connectivity index (χ0) is 15.0. The van der Waals surface area contributed by atoms with E-state index in [9.17, 15) is 8.42 Å². The van der Waals surface area contributed by atoms with E-state index < -0.39 is 10.0 Å². The second-order valence-corrected chi connectivity index (χ2v) is 9.53. The molecule has 1 saturated heterocycles. The molecule has 1 fully saturated rings. The van der Waals surface area contributed by atoms with Crippen LogP contribution in [-0.2, 0) is 10.0 Å². The number of nitrogens with zero attached hydrogens (tertiary/aromatic N) is 2. The number of sulfonamides is 1. The molecule has 3 rings (SSSR count). The Balaban J connectivity index is 2.00. The van der Waals surface area contributed by atoms with Gasteiger partial charge in [-0.1, -0.05) is 6.07 Å². The van der Waals surface area contributed by atoms with E-state index in [2.05, 4.69) is 20.9 Å². The van der Waals surface area contributed by atoms with Crippen LogP contribution >= 0.6 is 27.3 Å². The second-order valence-electron chi connectivity index (χ2n) is 5.03. The van der Waals surface area contributed by atoms with Crippen LogP contribution in [0.2, 0.25) is 0 Å². The van der Waals surface area contributed by atoms with E-state index in [1.54, 1.807) is 22.8 Å². The molecule has 112 valence electrons. The van der Waals surface area contributed by atoms with E-state index in [-0.39, 0.29) is 6.04 Å². The van der Waals surface area contributed by atoms with Crippen molar-refractivity contribution in [3.05, 3.63) is 44.8 Å². The number of hydrogen-bond acceptors (Lipinski definition) is 4. The number of pyridine rings is 1. The fourth-order valence-electron chi connectivity index (χ4n) is 2.75. The Morgan fingerprint density at radius 1 is 1.48 bits per heavy atom. The van der Waals surface area contributed by atoms with Crippen molar-refractivity contribution in [1.29, 1.82) is 0 Å². The largest absolute Gasteiger partial charge is 0.264 e. The SMILES string of the molecule is Cc1sc(Br)cc1S(=O)(=O)N1CCCC1c1cccnc1. The van der Waals surface area contributed by atoms with Crippen molar-refractivity contribution in [3.63, 3.8) is 0 Å². The van der Waals surface area contributed by atoms with Crippen molar-refractivity contribution in [2.75, 3.05) is 6.54 Å². The summed E-state index contributed by atoms with van der Waals surface area (Å²) < 4.78 is 28.3. The minimum atomic E-state index is -3.46. The fraction of sp³-hybridized carbons (Fsp3) is 0.357. The average Bonchev–Trinajstić information content (AvgIpc) is 3.07. The number of aromatic nitrogens is 1. The maximum absolute atomic E-state index is 12.9. The van der Waals surface area contributed by atoms with Crippen molar-refractivity contribution in [3.8, 4) is 0 Å². The number of hydrogen-bond donors (Lipinski definition) is 0. The molecule has 2 aromatic rings. The summed E-state index contributed by atoms with van der Waals surface area (Å²) in [6.07, 6.45) is 5.19. The summed E-state index contributed by atoms with van der Waals surface area (Å²) in [5.41, 5.74) is 0.963. The van der Waals surface area contributed by atoms with Gasteiger partial charge in [-0.3, -0.25) is 4.98 Å². The number of halogens is 1. The van der Waals surface area contributed by atoms with Gasteiger partial charge in [0, 0.05) is 23.8 Å². The molecule has 3 heterocycles. The van der Waals surface area contributed by atoms with Crippen molar-refractivity contribution < 1.29 is 8.42 Å². The predicted octanol–water partition coefficient (Wildman–Crippen LogP) is 3.74. The van der Waals surface area contributed by atoms with E-state index in [0.29, 0.717) is 11.4 Å². The predicted molar refractivity (Wildman–Crippen MR) is 86.9 cm³/mol. The molecule has 21 heavy (non-hydrogen) atoms. The molecule has 4 nitrogen and oxygen atoms in total. The Bertz CT molecular complexity index is 744. The van der Waals surface area contributed by atoms with Crippen LogP contribution in [0.15, 0.2) is 39.3 Å². The third-order valence-electron chi connectivity index (χ3n) is 3.70. The molecule has 0 amide bonds. The molecule has 1 aliphatic rings. The number of thiophene rings is 1. The summed E-state index contributed by atoms with van der Waals surface area (Å²) in [4.78, 5) is 5.34. The standard InChI is InChI=1S/C14H15BrN2O2S2/c1-10-13(8-14(15)20-10)21(18,19)17-7-3-5-12(17)11-4-2-6-16-9-11/h2,4,6,8-9,12H,3,5,7H2,1H3. The maximum atomic E-state index is 12.9. The molecule has 0 saturated carbocycles. The lowest BCUT2D eigenvalue weighted by molar-refractivity contribution is 0.396. The smallest absolute Gasteiger partial charge is 0.244 e. The quantitative estimate of drug-likeness (QED) is 0.806. The van der Waals surface area contributed by atoms with Crippen LogP contribution in [0.25, 0.3) is 0 Å². The molecule has 1 unspecified atom stereocenters. The number of aryl methyl sites for hydroxylation is 1. The highest BCUT2D eigenvalue weighted by molar-refractivity contribution is 9.11. The monoisotopic (exact) mass is 386 g/mol. The Labute approximate surface area is 137 Å². The van der Waals surface area contributed by atoms with E-state index in [0.717, 1.165) is 27.1 Å². The molecule has 1 aliphatic heterocycles. The Morgan fingerprint density at radius 3 is 2.90 bits per heavy atom. The number of rotatable bonds is 3. The molecule has 2 aromatic heterocycles. The zero-order valence-electron chi connectivity index (χ0n) is 11.5. The fourth-order valence-corrected chi connectivity index (χ4v) is 6.81. The lowest BCUT2D eigenvalue weighted by Crippen LogP contribution is -2.30.